The molecule has 0 radical (unpaired) electrons. The molecule has 2 aromatic carbocycles. The number of benzene rings is 2. The fourth-order valence-electron chi connectivity index (χ4n) is 5.76. The quantitative estimate of drug-likeness (QED) is 0.191. The third kappa shape index (κ3) is 9.17. The average Bonchev–Trinajstić information content (AvgIpc) is 3.37. The van der Waals surface area contributed by atoms with Gasteiger partial charge in [-0.25, -0.2) is 0 Å². The normalized spacial score (nSPS) is 20.3. The zero-order chi connectivity index (χ0) is 36.0. The molecular formula is C36H44N2O11. The van der Waals surface area contributed by atoms with Crippen LogP contribution in [0.2, 0.25) is 0 Å². The monoisotopic (exact) mass is 680 g/mol. The fourth-order valence-corrected chi connectivity index (χ4v) is 5.76. The van der Waals surface area contributed by atoms with Gasteiger partial charge in [0.1, 0.15) is 18.5 Å². The Bertz CT molecular complexity index is 1660. The molecule has 0 N–H and O–H groups in total. The molecule has 3 aromatic rings. The van der Waals surface area contributed by atoms with Crippen LogP contribution in [0.1, 0.15) is 69.8 Å². The lowest BCUT2D eigenvalue weighted by molar-refractivity contribution is -0.289. The SMILES string of the molecule is COc1ccc(-c2c(Cc3ccc(C)cc3C)c(O[C@@H]3O[C@H](COC(C)=O)[C@@H](OC(C)=O)[C@H](OC(C)=O)[C@H]3OC(C)=O)nn2C(C)C)cc1. The number of hydrogen-bond acceptors (Lipinski definition) is 12. The Morgan fingerprint density at radius 2 is 1.45 bits per heavy atom. The van der Waals surface area contributed by atoms with Crippen molar-refractivity contribution in [3.63, 3.8) is 0 Å². The van der Waals surface area contributed by atoms with Crippen molar-refractivity contribution in [3.05, 3.63) is 64.7 Å². The first-order valence-corrected chi connectivity index (χ1v) is 16.0. The first-order chi connectivity index (χ1) is 23.2. The molecule has 0 unspecified atom stereocenters. The number of esters is 4. The molecule has 13 nitrogen and oxygen atoms in total. The maximum atomic E-state index is 12.4. The first-order valence-electron chi connectivity index (χ1n) is 16.0. The molecule has 5 atom stereocenters. The summed E-state index contributed by atoms with van der Waals surface area (Å²) >= 11 is 0. The zero-order valence-corrected chi connectivity index (χ0v) is 29.3. The minimum Gasteiger partial charge on any atom is -0.497 e. The smallest absolute Gasteiger partial charge is 0.303 e. The summed E-state index contributed by atoms with van der Waals surface area (Å²) in [6, 6.07) is 13.6. The summed E-state index contributed by atoms with van der Waals surface area (Å²) in [5.41, 5.74) is 5.53. The predicted octanol–water partition coefficient (Wildman–Crippen LogP) is 4.81. The number of hydrogen-bond donors (Lipinski definition) is 0. The fraction of sp³-hybridized carbons (Fsp3) is 0.472. The van der Waals surface area contributed by atoms with Crippen molar-refractivity contribution < 1.29 is 52.3 Å². The molecule has 1 fully saturated rings. The molecule has 0 aliphatic carbocycles. The summed E-state index contributed by atoms with van der Waals surface area (Å²) in [7, 11) is 1.60. The van der Waals surface area contributed by atoms with Gasteiger partial charge in [-0.3, -0.25) is 23.9 Å². The Morgan fingerprint density at radius 3 is 2.00 bits per heavy atom. The topological polar surface area (TPSA) is 151 Å². The minimum absolute atomic E-state index is 0.122. The van der Waals surface area contributed by atoms with E-state index < -0.39 is 54.6 Å². The van der Waals surface area contributed by atoms with Crippen molar-refractivity contribution in [2.45, 2.75) is 98.6 Å². The van der Waals surface area contributed by atoms with Gasteiger partial charge in [-0.15, -0.1) is 5.10 Å². The van der Waals surface area contributed by atoms with E-state index in [2.05, 4.69) is 6.07 Å². The number of carbonyl (C=O) groups excluding carboxylic acids is 4. The number of ether oxygens (including phenoxy) is 7. The lowest BCUT2D eigenvalue weighted by Gasteiger charge is -2.43. The van der Waals surface area contributed by atoms with E-state index in [1.807, 2.05) is 68.8 Å². The van der Waals surface area contributed by atoms with E-state index in [9.17, 15) is 19.2 Å². The van der Waals surface area contributed by atoms with Gasteiger partial charge in [0.15, 0.2) is 12.2 Å². The van der Waals surface area contributed by atoms with E-state index in [0.29, 0.717) is 17.7 Å². The second-order valence-electron chi connectivity index (χ2n) is 12.2. The average molecular weight is 681 g/mol. The third-order valence-corrected chi connectivity index (χ3v) is 7.87. The third-order valence-electron chi connectivity index (χ3n) is 7.87. The molecule has 264 valence electrons. The molecule has 2 heterocycles. The summed E-state index contributed by atoms with van der Waals surface area (Å²) in [4.78, 5) is 48.8. The second-order valence-corrected chi connectivity index (χ2v) is 12.2. The maximum absolute atomic E-state index is 12.4. The zero-order valence-electron chi connectivity index (χ0n) is 29.3. The van der Waals surface area contributed by atoms with E-state index in [1.165, 1.54) is 13.8 Å². The van der Waals surface area contributed by atoms with Crippen molar-refractivity contribution in [2.75, 3.05) is 13.7 Å². The van der Waals surface area contributed by atoms with Crippen LogP contribution >= 0.6 is 0 Å². The lowest BCUT2D eigenvalue weighted by Crippen LogP contribution is -2.63. The molecule has 13 heteroatoms. The number of carbonyl (C=O) groups is 4. The molecule has 1 aromatic heterocycles. The van der Waals surface area contributed by atoms with E-state index in [1.54, 1.807) is 7.11 Å². The first kappa shape index (κ1) is 36.9. The van der Waals surface area contributed by atoms with Crippen molar-refractivity contribution in [3.8, 4) is 22.9 Å². The Balaban J connectivity index is 1.90. The van der Waals surface area contributed by atoms with Crippen LogP contribution in [0.5, 0.6) is 11.6 Å². The van der Waals surface area contributed by atoms with Gasteiger partial charge in [0.05, 0.1) is 12.8 Å². The number of aryl methyl sites for hydroxylation is 2. The van der Waals surface area contributed by atoms with Crippen LogP contribution in [0.25, 0.3) is 11.3 Å². The highest BCUT2D eigenvalue weighted by Crippen LogP contribution is 2.38. The predicted molar refractivity (Wildman–Crippen MR) is 176 cm³/mol. The van der Waals surface area contributed by atoms with Crippen molar-refractivity contribution in [1.82, 2.24) is 9.78 Å². The van der Waals surface area contributed by atoms with Crippen molar-refractivity contribution >= 4 is 23.9 Å². The highest BCUT2D eigenvalue weighted by atomic mass is 16.7. The van der Waals surface area contributed by atoms with Crippen LogP contribution in [0.3, 0.4) is 0 Å². The van der Waals surface area contributed by atoms with E-state index in [-0.39, 0.29) is 18.5 Å². The van der Waals surface area contributed by atoms with Crippen LogP contribution in [-0.4, -0.2) is 78.1 Å². The summed E-state index contributed by atoms with van der Waals surface area (Å²) in [5.74, 6) is -1.97. The summed E-state index contributed by atoms with van der Waals surface area (Å²) < 4.78 is 42.0. The molecule has 0 bridgehead atoms. The molecule has 4 rings (SSSR count). The van der Waals surface area contributed by atoms with E-state index in [4.69, 9.17) is 38.3 Å². The number of methoxy groups -OCH3 is 1. The number of rotatable bonds is 12. The van der Waals surface area contributed by atoms with Crippen LogP contribution in [-0.2, 0) is 49.3 Å². The Kier molecular flexibility index (Phi) is 12.0. The van der Waals surface area contributed by atoms with Gasteiger partial charge < -0.3 is 33.2 Å². The van der Waals surface area contributed by atoms with Crippen LogP contribution in [0.4, 0.5) is 0 Å². The summed E-state index contributed by atoms with van der Waals surface area (Å²) in [5, 5.41) is 4.90. The van der Waals surface area contributed by atoms with Crippen molar-refractivity contribution in [2.24, 2.45) is 0 Å². The maximum Gasteiger partial charge on any atom is 0.303 e. The minimum atomic E-state index is -1.45. The van der Waals surface area contributed by atoms with Gasteiger partial charge in [-0.2, -0.15) is 0 Å². The standard InChI is InChI=1S/C36H44N2O11/c1-19(2)38-31(26-12-14-28(43-9)15-13-26)29(17-27-11-10-20(3)16-21(27)4)35(37-38)49-36-34(47-25(8)42)33(46-24(7)41)32(45-23(6)40)30(48-36)18-44-22(5)39/h10-16,19,30,32-34,36H,17-18H2,1-9H3/t30-,32-,33+,34-,36+/m1/s1. The van der Waals surface area contributed by atoms with Crippen LogP contribution < -0.4 is 9.47 Å². The Hall–Kier alpha value is -4.91. The summed E-state index contributed by atoms with van der Waals surface area (Å²) in [6.45, 7) is 12.3. The van der Waals surface area contributed by atoms with Crippen molar-refractivity contribution in [1.29, 1.82) is 0 Å². The molecule has 1 aliphatic rings. The Labute approximate surface area is 285 Å². The molecule has 0 spiro atoms. The van der Waals surface area contributed by atoms with Gasteiger partial charge in [0.25, 0.3) is 0 Å². The van der Waals surface area contributed by atoms with E-state index >= 15 is 0 Å². The molecule has 0 saturated carbocycles. The van der Waals surface area contributed by atoms with E-state index in [0.717, 1.165) is 41.8 Å². The largest absolute Gasteiger partial charge is 0.497 e. The molecule has 0 amide bonds. The molecule has 49 heavy (non-hydrogen) atoms. The van der Waals surface area contributed by atoms with Crippen LogP contribution in [0, 0.1) is 13.8 Å². The number of nitrogens with zero attached hydrogens (tertiary/aromatic N) is 2. The lowest BCUT2D eigenvalue weighted by atomic mass is 9.96. The molecular weight excluding hydrogens is 636 g/mol. The highest BCUT2D eigenvalue weighted by Gasteiger charge is 2.53. The van der Waals surface area contributed by atoms with Gasteiger partial charge in [0, 0.05) is 51.3 Å². The summed E-state index contributed by atoms with van der Waals surface area (Å²) in [6.07, 6.45) is -6.34. The van der Waals surface area contributed by atoms with Gasteiger partial charge >= 0.3 is 23.9 Å². The van der Waals surface area contributed by atoms with Gasteiger partial charge in [-0.05, 0) is 63.1 Å². The Morgan fingerprint density at radius 1 is 0.837 bits per heavy atom. The molecule has 1 aliphatic heterocycles. The second kappa shape index (κ2) is 16.0. The molecule has 1 saturated heterocycles. The van der Waals surface area contributed by atoms with Gasteiger partial charge in [0.2, 0.25) is 18.3 Å². The highest BCUT2D eigenvalue weighted by molar-refractivity contribution is 5.70. The van der Waals surface area contributed by atoms with Gasteiger partial charge in [-0.1, -0.05) is 23.8 Å². The van der Waals surface area contributed by atoms with Crippen LogP contribution in [0.15, 0.2) is 42.5 Å². The number of aromatic nitrogens is 2.